The average molecular weight is 797 g/mol. The highest BCUT2D eigenvalue weighted by Gasteiger charge is 2.37. The van der Waals surface area contributed by atoms with Crippen LogP contribution < -0.4 is 36.2 Å². The van der Waals surface area contributed by atoms with E-state index >= 15 is 0 Å². The number of hydrogen-bond donors (Lipinski definition) is 4. The number of nitrogens with zero attached hydrogens (tertiary/aromatic N) is 6. The van der Waals surface area contributed by atoms with Gasteiger partial charge >= 0.3 is 0 Å². The Hall–Kier alpha value is -5.23. The Kier molecular flexibility index (Phi) is 14.4. The van der Waals surface area contributed by atoms with Gasteiger partial charge in [0, 0.05) is 60.7 Å². The summed E-state index contributed by atoms with van der Waals surface area (Å²) in [6.45, 7) is 19.0. The molecular weight excluding hydrogens is 736 g/mol. The zero-order valence-corrected chi connectivity index (χ0v) is 35.5. The number of guanidine groups is 1. The maximum absolute atomic E-state index is 14.4. The van der Waals surface area contributed by atoms with Crippen molar-refractivity contribution in [1.29, 1.82) is 5.26 Å². The Labute approximate surface area is 343 Å². The first kappa shape index (κ1) is 43.9. The maximum Gasteiger partial charge on any atom is 0.253 e. The standard InChI is InChI=1S/C42H55FN10O3.C2H6/c1-27-21-28(2)48-40(47-27)46-17-20-53-36-23-31(39(54)50-42(5,6)56-41(3,4)45)13-14-35(36)51(7)38(53)25-52-18-15-30(16-19-52)34-9-8-10-37(49-34)55-26-32-12-11-29(24-44)22-33(32)43;1-2/h8-14,21-23,27,30,38H,15-20,25-26,45H2,1-7H3,(H,50,54)(H2,46,47,48);1-2H3. The van der Waals surface area contributed by atoms with Crippen LogP contribution in [0.1, 0.15) is 101 Å². The number of likely N-dealkylation sites (tertiary alicyclic amines) is 1. The predicted molar refractivity (Wildman–Crippen MR) is 228 cm³/mol. The van der Waals surface area contributed by atoms with Crippen LogP contribution >= 0.6 is 0 Å². The summed E-state index contributed by atoms with van der Waals surface area (Å²) in [4.78, 5) is 30.4. The monoisotopic (exact) mass is 796 g/mol. The minimum atomic E-state index is -0.977. The number of anilines is 2. The molecule has 2 atom stereocenters. The largest absolute Gasteiger partial charge is 0.473 e. The zero-order chi connectivity index (χ0) is 42.2. The number of rotatable bonds is 13. The Morgan fingerprint density at radius 1 is 1.10 bits per heavy atom. The van der Waals surface area contributed by atoms with E-state index in [9.17, 15) is 9.18 Å². The molecule has 58 heavy (non-hydrogen) atoms. The molecule has 312 valence electrons. The number of aliphatic imine (C=N–C) groups is 1. The van der Waals surface area contributed by atoms with Gasteiger partial charge in [0.2, 0.25) is 5.88 Å². The summed E-state index contributed by atoms with van der Waals surface area (Å²) >= 11 is 0. The summed E-state index contributed by atoms with van der Waals surface area (Å²) < 4.78 is 26.2. The van der Waals surface area contributed by atoms with Gasteiger partial charge in [-0.15, -0.1) is 0 Å². The van der Waals surface area contributed by atoms with Gasteiger partial charge in [-0.3, -0.25) is 14.7 Å². The van der Waals surface area contributed by atoms with Crippen molar-refractivity contribution < 1.29 is 18.7 Å². The van der Waals surface area contributed by atoms with Crippen LogP contribution in [0, 0.1) is 17.1 Å². The lowest BCUT2D eigenvalue weighted by Gasteiger charge is -2.38. The molecule has 13 nitrogen and oxygen atoms in total. The van der Waals surface area contributed by atoms with Crippen LogP contribution in [-0.4, -0.2) is 85.2 Å². The van der Waals surface area contributed by atoms with Crippen molar-refractivity contribution in [3.8, 4) is 11.9 Å². The number of nitrogens with one attached hydrogen (secondary N) is 3. The molecule has 3 aliphatic rings. The second kappa shape index (κ2) is 19.0. The fraction of sp³-hybridized carbons (Fsp3) is 0.500. The predicted octanol–water partition coefficient (Wildman–Crippen LogP) is 6.18. The van der Waals surface area contributed by atoms with Crippen LogP contribution in [0.15, 0.2) is 71.4 Å². The zero-order valence-electron chi connectivity index (χ0n) is 35.5. The van der Waals surface area contributed by atoms with Crippen molar-refractivity contribution in [3.05, 3.63) is 94.6 Å². The molecule has 14 heteroatoms. The van der Waals surface area contributed by atoms with Crippen molar-refractivity contribution in [3.63, 3.8) is 0 Å². The number of nitriles is 1. The topological polar surface area (TPSA) is 156 Å². The number of pyridine rings is 1. The number of hydrogen-bond acceptors (Lipinski definition) is 10. The summed E-state index contributed by atoms with van der Waals surface area (Å²) in [6.07, 6.45) is 4.01. The van der Waals surface area contributed by atoms with E-state index in [0.29, 0.717) is 30.1 Å². The Morgan fingerprint density at radius 3 is 2.52 bits per heavy atom. The smallest absolute Gasteiger partial charge is 0.253 e. The fourth-order valence-corrected chi connectivity index (χ4v) is 7.76. The van der Waals surface area contributed by atoms with Crippen LogP contribution in [0.25, 0.3) is 0 Å². The summed E-state index contributed by atoms with van der Waals surface area (Å²) in [5.41, 5.74) is 9.44. The molecule has 0 saturated carbocycles. The molecule has 1 aromatic heterocycles. The van der Waals surface area contributed by atoms with Crippen LogP contribution in [-0.2, 0) is 11.3 Å². The third kappa shape index (κ3) is 11.5. The van der Waals surface area contributed by atoms with Crippen molar-refractivity contribution in [2.24, 2.45) is 10.7 Å². The van der Waals surface area contributed by atoms with E-state index in [1.807, 2.05) is 57.2 Å². The van der Waals surface area contributed by atoms with Gasteiger partial charge in [0.1, 0.15) is 30.0 Å². The van der Waals surface area contributed by atoms with E-state index in [0.717, 1.165) is 61.2 Å². The Bertz CT molecular complexity index is 2000. The first-order valence-corrected chi connectivity index (χ1v) is 20.3. The highest BCUT2D eigenvalue weighted by molar-refractivity contribution is 5.97. The SMILES string of the molecule is CC.CC1=CC(C)NC(=NCCN2c3cc(C(=O)NC(C)(C)OC(C)(C)N)ccc3N(C)C2CN2CCC(c3cccc(OCc4ccc(C#N)cc4F)n3)CC2)N1. The van der Waals surface area contributed by atoms with E-state index in [1.54, 1.807) is 45.9 Å². The number of likely N-dealkylation sites (N-methyl/N-ethyl adjacent to an activating group) is 1. The van der Waals surface area contributed by atoms with Gasteiger partial charge in [-0.05, 0) is 110 Å². The van der Waals surface area contributed by atoms with Crippen molar-refractivity contribution in [2.45, 2.75) is 104 Å². The molecule has 1 fully saturated rings. The molecule has 0 aliphatic carbocycles. The lowest BCUT2D eigenvalue weighted by molar-refractivity contribution is -0.129. The molecule has 5 N–H and O–H groups in total. The van der Waals surface area contributed by atoms with Gasteiger partial charge in [0.25, 0.3) is 5.91 Å². The highest BCUT2D eigenvalue weighted by Crippen LogP contribution is 2.40. The molecule has 1 amide bonds. The molecule has 3 aliphatic heterocycles. The second-order valence-electron chi connectivity index (χ2n) is 16.0. The van der Waals surface area contributed by atoms with Crippen molar-refractivity contribution in [2.75, 3.05) is 49.6 Å². The molecule has 6 rings (SSSR count). The Morgan fingerprint density at radius 2 is 1.84 bits per heavy atom. The number of carbonyl (C=O) groups is 1. The van der Waals surface area contributed by atoms with E-state index in [4.69, 9.17) is 30.4 Å². The molecular formula is C44H61FN10O3. The number of benzene rings is 2. The van der Waals surface area contributed by atoms with Crippen LogP contribution in [0.2, 0.25) is 0 Å². The first-order chi connectivity index (χ1) is 27.6. The highest BCUT2D eigenvalue weighted by atomic mass is 19.1. The minimum Gasteiger partial charge on any atom is -0.473 e. The van der Waals surface area contributed by atoms with Crippen LogP contribution in [0.4, 0.5) is 15.8 Å². The van der Waals surface area contributed by atoms with Crippen LogP contribution in [0.3, 0.4) is 0 Å². The van der Waals surface area contributed by atoms with Gasteiger partial charge in [-0.2, -0.15) is 5.26 Å². The molecule has 0 spiro atoms. The number of nitrogens with two attached hydrogens (primary N) is 1. The molecule has 3 aromatic rings. The quantitative estimate of drug-likeness (QED) is 0.147. The number of allylic oxidation sites excluding steroid dienone is 1. The number of aromatic nitrogens is 1. The molecule has 2 aromatic carbocycles. The minimum absolute atomic E-state index is 0.0168. The van der Waals surface area contributed by atoms with Gasteiger partial charge in [-0.1, -0.05) is 26.0 Å². The molecule has 1 saturated heterocycles. The fourth-order valence-electron chi connectivity index (χ4n) is 7.76. The van der Waals surface area contributed by atoms with Gasteiger partial charge in [-0.25, -0.2) is 9.37 Å². The molecule has 0 radical (unpaired) electrons. The van der Waals surface area contributed by atoms with Gasteiger partial charge in [0.05, 0.1) is 29.6 Å². The summed E-state index contributed by atoms with van der Waals surface area (Å²) in [5, 5.41) is 18.8. The second-order valence-corrected chi connectivity index (χ2v) is 16.0. The average Bonchev–Trinajstić information content (AvgIpc) is 3.42. The van der Waals surface area contributed by atoms with E-state index in [1.165, 1.54) is 6.07 Å². The normalized spacial score (nSPS) is 19.3. The summed E-state index contributed by atoms with van der Waals surface area (Å²) in [6, 6.07) is 18.1. The lowest BCUT2D eigenvalue weighted by Crippen LogP contribution is -2.53. The number of carbonyl (C=O) groups excluding carboxylic acids is 1. The van der Waals surface area contributed by atoms with Gasteiger partial charge in [0.15, 0.2) is 5.96 Å². The third-order valence-corrected chi connectivity index (χ3v) is 10.2. The first-order valence-electron chi connectivity index (χ1n) is 20.3. The molecule has 0 bridgehead atoms. The number of halogens is 1. The number of piperidine rings is 1. The van der Waals surface area contributed by atoms with E-state index < -0.39 is 17.3 Å². The van der Waals surface area contributed by atoms with E-state index in [-0.39, 0.29) is 36.2 Å². The number of amides is 1. The number of ether oxygens (including phenoxy) is 2. The van der Waals surface area contributed by atoms with Crippen molar-refractivity contribution >= 4 is 23.2 Å². The number of fused-ring (bicyclic) bond motifs is 1. The Balaban J connectivity index is 0.00000315. The summed E-state index contributed by atoms with van der Waals surface area (Å²) in [7, 11) is 2.11. The van der Waals surface area contributed by atoms with Crippen molar-refractivity contribution in [1.82, 2.24) is 25.8 Å². The summed E-state index contributed by atoms with van der Waals surface area (Å²) in [5.74, 6) is 0.757. The molecule has 2 unspecified atom stereocenters. The van der Waals surface area contributed by atoms with Gasteiger partial charge < -0.3 is 41.0 Å². The van der Waals surface area contributed by atoms with Crippen LogP contribution in [0.5, 0.6) is 5.88 Å². The third-order valence-electron chi connectivity index (χ3n) is 10.2. The maximum atomic E-state index is 14.4. The lowest BCUT2D eigenvalue weighted by atomic mass is 9.93. The molecule has 4 heterocycles. The van der Waals surface area contributed by atoms with E-state index in [2.05, 4.69) is 50.7 Å².